The highest BCUT2D eigenvalue weighted by Crippen LogP contribution is 2.35. The van der Waals surface area contributed by atoms with Crippen molar-refractivity contribution in [2.45, 2.75) is 19.8 Å². The van der Waals surface area contributed by atoms with E-state index < -0.39 is 0 Å². The summed E-state index contributed by atoms with van der Waals surface area (Å²) in [5, 5.41) is 0. The first kappa shape index (κ1) is 20.3. The number of thioether (sulfide) groups is 1. The van der Waals surface area contributed by atoms with Crippen LogP contribution in [0, 0.1) is 0 Å². The number of hydrogen-bond donors (Lipinski definition) is 0. The second kappa shape index (κ2) is 9.59. The summed E-state index contributed by atoms with van der Waals surface area (Å²) in [6.07, 6.45) is 2.50. The molecule has 1 amide bonds. The van der Waals surface area contributed by atoms with E-state index >= 15 is 0 Å². The molecule has 140 valence electrons. The van der Waals surface area contributed by atoms with Gasteiger partial charge in [0.15, 0.2) is 0 Å². The largest absolute Gasteiger partial charge is 0.497 e. The first-order chi connectivity index (χ1) is 12.5. The molecule has 0 atom stereocenters. The smallest absolute Gasteiger partial charge is 0.305 e. The first-order valence-electron chi connectivity index (χ1n) is 8.13. The molecule has 0 radical (unpaired) electrons. The Balaban J connectivity index is 2.10. The molecule has 0 unspecified atom stereocenters. The number of rotatable bonds is 8. The molecule has 1 saturated heterocycles. The lowest BCUT2D eigenvalue weighted by molar-refractivity contribution is -0.143. The van der Waals surface area contributed by atoms with E-state index in [0.29, 0.717) is 40.3 Å². The second-order valence-corrected chi connectivity index (χ2v) is 7.03. The number of nitrogens with zero attached hydrogens (tertiary/aromatic N) is 1. The van der Waals surface area contributed by atoms with Crippen LogP contribution in [-0.4, -0.2) is 48.5 Å². The van der Waals surface area contributed by atoms with Crippen LogP contribution in [0.2, 0.25) is 0 Å². The van der Waals surface area contributed by atoms with Crippen molar-refractivity contribution < 1.29 is 23.8 Å². The number of ether oxygens (including phenoxy) is 3. The summed E-state index contributed by atoms with van der Waals surface area (Å²) >= 11 is 6.54. The highest BCUT2D eigenvalue weighted by molar-refractivity contribution is 8.26. The molecule has 1 aromatic carbocycles. The van der Waals surface area contributed by atoms with Gasteiger partial charge in [0.05, 0.1) is 25.7 Å². The summed E-state index contributed by atoms with van der Waals surface area (Å²) in [5.74, 6) is 0.865. The van der Waals surface area contributed by atoms with E-state index in [4.69, 9.17) is 26.4 Å². The van der Waals surface area contributed by atoms with E-state index in [1.54, 1.807) is 45.4 Å². The molecular weight excluding hydrogens is 374 g/mol. The lowest BCUT2D eigenvalue weighted by atomic mass is 10.1. The summed E-state index contributed by atoms with van der Waals surface area (Å²) in [7, 11) is 3.15. The maximum absolute atomic E-state index is 12.6. The Labute approximate surface area is 162 Å². The number of carbonyl (C=O) groups is 2. The molecule has 0 saturated carbocycles. The van der Waals surface area contributed by atoms with Gasteiger partial charge in [-0.25, -0.2) is 0 Å². The van der Waals surface area contributed by atoms with Gasteiger partial charge >= 0.3 is 5.97 Å². The molecule has 8 heteroatoms. The summed E-state index contributed by atoms with van der Waals surface area (Å²) in [5.41, 5.74) is 0.735. The lowest BCUT2D eigenvalue weighted by Crippen LogP contribution is -2.29. The van der Waals surface area contributed by atoms with Crippen molar-refractivity contribution in [3.63, 3.8) is 0 Å². The van der Waals surface area contributed by atoms with Gasteiger partial charge in [0.25, 0.3) is 5.91 Å². The molecule has 1 heterocycles. The van der Waals surface area contributed by atoms with E-state index in [1.807, 2.05) is 0 Å². The third-order valence-corrected chi connectivity index (χ3v) is 5.04. The SMILES string of the molecule is CCOC(=O)CCCN1C(=O)/C(=C/c2cc(OC)ccc2OC)SC1=S. The Hall–Kier alpha value is -2.06. The molecule has 0 bridgehead atoms. The van der Waals surface area contributed by atoms with E-state index in [9.17, 15) is 9.59 Å². The van der Waals surface area contributed by atoms with Crippen molar-refractivity contribution >= 4 is 46.3 Å². The number of esters is 1. The third kappa shape index (κ3) is 4.98. The number of carbonyl (C=O) groups excluding carboxylic acids is 2. The normalized spacial score (nSPS) is 15.5. The van der Waals surface area contributed by atoms with Gasteiger partial charge < -0.3 is 14.2 Å². The standard InChI is InChI=1S/C18H21NO5S2/c1-4-24-16(20)6-5-9-19-17(21)15(26-18(19)25)11-12-10-13(22-2)7-8-14(12)23-3/h7-8,10-11H,4-6,9H2,1-3H3/b15-11-. The maximum Gasteiger partial charge on any atom is 0.305 e. The number of hydrogen-bond acceptors (Lipinski definition) is 7. The molecule has 2 rings (SSSR count). The van der Waals surface area contributed by atoms with Gasteiger partial charge in [-0.2, -0.15) is 0 Å². The van der Waals surface area contributed by atoms with Gasteiger partial charge in [-0.3, -0.25) is 14.5 Å². The van der Waals surface area contributed by atoms with Gasteiger partial charge in [0.1, 0.15) is 15.8 Å². The molecule has 1 fully saturated rings. The van der Waals surface area contributed by atoms with Crippen LogP contribution >= 0.6 is 24.0 Å². The minimum absolute atomic E-state index is 0.172. The average Bonchev–Trinajstić information content (AvgIpc) is 2.89. The van der Waals surface area contributed by atoms with Crippen LogP contribution in [-0.2, 0) is 14.3 Å². The number of amides is 1. The van der Waals surface area contributed by atoms with E-state index in [2.05, 4.69) is 0 Å². The minimum atomic E-state index is -0.269. The zero-order chi connectivity index (χ0) is 19.1. The Kier molecular flexibility index (Phi) is 7.47. The topological polar surface area (TPSA) is 65.1 Å². The van der Waals surface area contributed by atoms with Gasteiger partial charge in [-0.15, -0.1) is 0 Å². The third-order valence-electron chi connectivity index (χ3n) is 3.67. The second-order valence-electron chi connectivity index (χ2n) is 5.35. The molecule has 0 aliphatic carbocycles. The fourth-order valence-electron chi connectivity index (χ4n) is 2.40. The van der Waals surface area contributed by atoms with E-state index in [1.165, 1.54) is 16.7 Å². The van der Waals surface area contributed by atoms with Crippen LogP contribution < -0.4 is 9.47 Å². The van der Waals surface area contributed by atoms with Crippen molar-refractivity contribution in [3.8, 4) is 11.5 Å². The fraction of sp³-hybridized carbons (Fsp3) is 0.389. The first-order valence-corrected chi connectivity index (χ1v) is 9.35. The molecule has 1 aromatic rings. The van der Waals surface area contributed by atoms with E-state index in [-0.39, 0.29) is 18.3 Å². The van der Waals surface area contributed by atoms with Crippen molar-refractivity contribution in [1.29, 1.82) is 0 Å². The fourth-order valence-corrected chi connectivity index (χ4v) is 3.70. The quantitative estimate of drug-likeness (QED) is 0.380. The number of methoxy groups -OCH3 is 2. The summed E-state index contributed by atoms with van der Waals surface area (Å²) in [6.45, 7) is 2.50. The predicted octanol–water partition coefficient (Wildman–Crippen LogP) is 3.25. The molecule has 1 aliphatic rings. The predicted molar refractivity (Wildman–Crippen MR) is 105 cm³/mol. The summed E-state index contributed by atoms with van der Waals surface area (Å²) in [6, 6.07) is 5.37. The molecule has 6 nitrogen and oxygen atoms in total. The zero-order valence-corrected chi connectivity index (χ0v) is 16.6. The molecule has 0 aromatic heterocycles. The highest BCUT2D eigenvalue weighted by atomic mass is 32.2. The summed E-state index contributed by atoms with van der Waals surface area (Å²) < 4.78 is 15.9. The lowest BCUT2D eigenvalue weighted by Gasteiger charge is -2.13. The van der Waals surface area contributed by atoms with Crippen LogP contribution in [0.25, 0.3) is 6.08 Å². The number of thiocarbonyl (C=S) groups is 1. The van der Waals surface area contributed by atoms with Crippen molar-refractivity contribution in [3.05, 3.63) is 28.7 Å². The highest BCUT2D eigenvalue weighted by Gasteiger charge is 2.32. The average molecular weight is 396 g/mol. The van der Waals surface area contributed by atoms with Gasteiger partial charge in [0, 0.05) is 18.5 Å². The van der Waals surface area contributed by atoms with Gasteiger partial charge in [-0.1, -0.05) is 24.0 Å². The number of benzene rings is 1. The van der Waals surface area contributed by atoms with Crippen molar-refractivity contribution in [2.24, 2.45) is 0 Å². The Morgan fingerprint density at radius 2 is 2.08 bits per heavy atom. The zero-order valence-electron chi connectivity index (χ0n) is 14.9. The molecule has 0 spiro atoms. The maximum atomic E-state index is 12.6. The molecular formula is C18H21NO5S2. The van der Waals surface area contributed by atoms with E-state index in [0.717, 1.165) is 5.56 Å². The molecule has 26 heavy (non-hydrogen) atoms. The minimum Gasteiger partial charge on any atom is -0.497 e. The van der Waals surface area contributed by atoms with Crippen LogP contribution in [0.3, 0.4) is 0 Å². The summed E-state index contributed by atoms with van der Waals surface area (Å²) in [4.78, 5) is 26.1. The van der Waals surface area contributed by atoms with Crippen LogP contribution in [0.1, 0.15) is 25.3 Å². The Morgan fingerprint density at radius 1 is 1.31 bits per heavy atom. The Bertz CT molecular complexity index is 732. The van der Waals surface area contributed by atoms with Crippen LogP contribution in [0.4, 0.5) is 0 Å². The Morgan fingerprint density at radius 3 is 2.73 bits per heavy atom. The molecule has 0 N–H and O–H groups in total. The van der Waals surface area contributed by atoms with Crippen molar-refractivity contribution in [1.82, 2.24) is 4.90 Å². The van der Waals surface area contributed by atoms with Gasteiger partial charge in [0.2, 0.25) is 0 Å². The van der Waals surface area contributed by atoms with Crippen LogP contribution in [0.15, 0.2) is 23.1 Å². The monoisotopic (exact) mass is 395 g/mol. The molecule has 1 aliphatic heterocycles. The van der Waals surface area contributed by atoms with Crippen LogP contribution in [0.5, 0.6) is 11.5 Å². The van der Waals surface area contributed by atoms with Crippen molar-refractivity contribution in [2.75, 3.05) is 27.4 Å². The van der Waals surface area contributed by atoms with Gasteiger partial charge in [-0.05, 0) is 37.6 Å².